The molecule has 0 aromatic carbocycles. The molecule has 0 rings (SSSR count). The number of rotatable bonds is 11. The van der Waals surface area contributed by atoms with E-state index in [0.717, 1.165) is 39.1 Å². The minimum atomic E-state index is -0.158. The van der Waals surface area contributed by atoms with E-state index in [1.165, 1.54) is 0 Å². The minimum Gasteiger partial charge on any atom is -0.394 e. The molecule has 0 amide bonds. The molecule has 0 aromatic rings. The topological polar surface area (TPSA) is 44.7 Å². The SMILES string of the molecule is CCOCCN(C)CCCC(C)(CO)NC(C)C. The maximum Gasteiger partial charge on any atom is 0.0610 e. The number of hydrogen-bond acceptors (Lipinski definition) is 4. The summed E-state index contributed by atoms with van der Waals surface area (Å²) in [6, 6.07) is 0.401. The fourth-order valence-corrected chi connectivity index (χ4v) is 2.11. The van der Waals surface area contributed by atoms with Crippen LogP contribution in [0.5, 0.6) is 0 Å². The summed E-state index contributed by atoms with van der Waals surface area (Å²) < 4.78 is 5.33. The highest BCUT2D eigenvalue weighted by Gasteiger charge is 2.23. The molecule has 0 radical (unpaired) electrons. The summed E-state index contributed by atoms with van der Waals surface area (Å²) in [5.41, 5.74) is -0.158. The third kappa shape index (κ3) is 8.86. The second-order valence-electron chi connectivity index (χ2n) is 5.62. The Labute approximate surface area is 113 Å². The molecule has 0 fully saturated rings. The standard InChI is InChI=1S/C14H32N2O2/c1-6-18-11-10-16(5)9-7-8-14(4,12-17)15-13(2)3/h13,15,17H,6-12H2,1-5H3. The first-order valence-corrected chi connectivity index (χ1v) is 7.08. The van der Waals surface area contributed by atoms with E-state index in [1.807, 2.05) is 6.92 Å². The van der Waals surface area contributed by atoms with Gasteiger partial charge in [-0.3, -0.25) is 0 Å². The summed E-state index contributed by atoms with van der Waals surface area (Å²) in [6.07, 6.45) is 2.07. The molecule has 0 spiro atoms. The third-order valence-corrected chi connectivity index (χ3v) is 3.08. The number of nitrogens with one attached hydrogen (secondary N) is 1. The van der Waals surface area contributed by atoms with Crippen LogP contribution < -0.4 is 5.32 Å². The van der Waals surface area contributed by atoms with Gasteiger partial charge in [-0.05, 0) is 40.3 Å². The van der Waals surface area contributed by atoms with E-state index < -0.39 is 0 Å². The predicted molar refractivity (Wildman–Crippen MR) is 77.0 cm³/mol. The van der Waals surface area contributed by atoms with Crippen LogP contribution in [0.2, 0.25) is 0 Å². The average Bonchev–Trinajstić information content (AvgIpc) is 2.28. The molecule has 1 atom stereocenters. The van der Waals surface area contributed by atoms with Gasteiger partial charge in [0.1, 0.15) is 0 Å². The number of likely N-dealkylation sites (N-methyl/N-ethyl adjacent to an activating group) is 1. The Hall–Kier alpha value is -0.160. The van der Waals surface area contributed by atoms with Gasteiger partial charge in [-0.25, -0.2) is 0 Å². The highest BCUT2D eigenvalue weighted by atomic mass is 16.5. The maximum absolute atomic E-state index is 9.48. The lowest BCUT2D eigenvalue weighted by Gasteiger charge is -2.31. The van der Waals surface area contributed by atoms with Gasteiger partial charge in [0.25, 0.3) is 0 Å². The van der Waals surface area contributed by atoms with Crippen molar-refractivity contribution in [1.82, 2.24) is 10.2 Å². The highest BCUT2D eigenvalue weighted by Crippen LogP contribution is 2.13. The smallest absolute Gasteiger partial charge is 0.0610 e. The van der Waals surface area contributed by atoms with Crippen LogP contribution in [-0.4, -0.2) is 61.5 Å². The van der Waals surface area contributed by atoms with Crippen LogP contribution in [-0.2, 0) is 4.74 Å². The zero-order valence-corrected chi connectivity index (χ0v) is 12.8. The molecule has 0 aliphatic heterocycles. The lowest BCUT2D eigenvalue weighted by Crippen LogP contribution is -2.49. The zero-order valence-electron chi connectivity index (χ0n) is 12.8. The maximum atomic E-state index is 9.48. The number of aliphatic hydroxyl groups is 1. The molecule has 0 heterocycles. The Morgan fingerprint density at radius 1 is 1.33 bits per heavy atom. The summed E-state index contributed by atoms with van der Waals surface area (Å²) in [5.74, 6) is 0. The van der Waals surface area contributed by atoms with Crippen molar-refractivity contribution >= 4 is 0 Å². The van der Waals surface area contributed by atoms with E-state index in [4.69, 9.17) is 4.74 Å². The number of nitrogens with zero attached hydrogens (tertiary/aromatic N) is 1. The molecule has 0 aliphatic rings. The van der Waals surface area contributed by atoms with Crippen LogP contribution in [0.3, 0.4) is 0 Å². The van der Waals surface area contributed by atoms with E-state index >= 15 is 0 Å². The van der Waals surface area contributed by atoms with Crippen LogP contribution in [0.1, 0.15) is 40.5 Å². The molecule has 1 unspecified atom stereocenters. The van der Waals surface area contributed by atoms with Crippen molar-refractivity contribution in [1.29, 1.82) is 0 Å². The van der Waals surface area contributed by atoms with Gasteiger partial charge in [0.15, 0.2) is 0 Å². The van der Waals surface area contributed by atoms with E-state index in [9.17, 15) is 5.11 Å². The second-order valence-corrected chi connectivity index (χ2v) is 5.62. The van der Waals surface area contributed by atoms with Crippen molar-refractivity contribution in [3.05, 3.63) is 0 Å². The summed E-state index contributed by atoms with van der Waals surface area (Å²) in [5, 5.41) is 12.9. The lowest BCUT2D eigenvalue weighted by atomic mass is 9.95. The van der Waals surface area contributed by atoms with Crippen molar-refractivity contribution in [3.63, 3.8) is 0 Å². The molecule has 0 saturated heterocycles. The first-order chi connectivity index (χ1) is 8.43. The molecule has 0 aromatic heterocycles. The number of aliphatic hydroxyl groups excluding tert-OH is 1. The molecule has 0 aliphatic carbocycles. The Balaban J connectivity index is 3.78. The fraction of sp³-hybridized carbons (Fsp3) is 1.00. The Morgan fingerprint density at radius 2 is 2.00 bits per heavy atom. The van der Waals surface area contributed by atoms with Gasteiger partial charge in [0, 0.05) is 24.7 Å². The summed E-state index contributed by atoms with van der Waals surface area (Å²) in [4.78, 5) is 2.28. The van der Waals surface area contributed by atoms with Gasteiger partial charge >= 0.3 is 0 Å². The number of ether oxygens (including phenoxy) is 1. The predicted octanol–water partition coefficient (Wildman–Crippen LogP) is 1.48. The Morgan fingerprint density at radius 3 is 2.50 bits per heavy atom. The zero-order chi connectivity index (χ0) is 14.0. The normalized spacial score (nSPS) is 15.3. The van der Waals surface area contributed by atoms with Gasteiger partial charge in [-0.15, -0.1) is 0 Å². The summed E-state index contributed by atoms with van der Waals surface area (Å²) >= 11 is 0. The first kappa shape index (κ1) is 17.8. The van der Waals surface area contributed by atoms with Crippen LogP contribution in [0.4, 0.5) is 0 Å². The molecule has 2 N–H and O–H groups in total. The Bertz CT molecular complexity index is 200. The monoisotopic (exact) mass is 260 g/mol. The molecule has 0 bridgehead atoms. The highest BCUT2D eigenvalue weighted by molar-refractivity contribution is 4.83. The van der Waals surface area contributed by atoms with Crippen molar-refractivity contribution in [3.8, 4) is 0 Å². The van der Waals surface area contributed by atoms with Gasteiger partial charge in [-0.2, -0.15) is 0 Å². The summed E-state index contributed by atoms with van der Waals surface area (Å²) in [7, 11) is 2.12. The summed E-state index contributed by atoms with van der Waals surface area (Å²) in [6.45, 7) is 12.1. The largest absolute Gasteiger partial charge is 0.394 e. The molecular weight excluding hydrogens is 228 g/mol. The van der Waals surface area contributed by atoms with E-state index in [1.54, 1.807) is 0 Å². The van der Waals surface area contributed by atoms with Gasteiger partial charge in [-0.1, -0.05) is 13.8 Å². The molecule has 18 heavy (non-hydrogen) atoms. The van der Waals surface area contributed by atoms with Crippen LogP contribution >= 0.6 is 0 Å². The molecule has 110 valence electrons. The second kappa shape index (κ2) is 9.73. The minimum absolute atomic E-state index is 0.158. The lowest BCUT2D eigenvalue weighted by molar-refractivity contribution is 0.117. The number of hydrogen-bond donors (Lipinski definition) is 2. The quantitative estimate of drug-likeness (QED) is 0.552. The van der Waals surface area contributed by atoms with E-state index in [2.05, 4.69) is 38.0 Å². The van der Waals surface area contributed by atoms with Gasteiger partial charge < -0.3 is 20.1 Å². The first-order valence-electron chi connectivity index (χ1n) is 7.08. The van der Waals surface area contributed by atoms with Gasteiger partial charge in [0.2, 0.25) is 0 Å². The molecule has 0 saturated carbocycles. The molecule has 4 heteroatoms. The van der Waals surface area contributed by atoms with Crippen molar-refractivity contribution < 1.29 is 9.84 Å². The Kier molecular flexibility index (Phi) is 9.64. The van der Waals surface area contributed by atoms with Crippen LogP contribution in [0.25, 0.3) is 0 Å². The average molecular weight is 260 g/mol. The van der Waals surface area contributed by atoms with Crippen molar-refractivity contribution in [2.24, 2.45) is 0 Å². The van der Waals surface area contributed by atoms with Crippen molar-refractivity contribution in [2.75, 3.05) is 40.0 Å². The van der Waals surface area contributed by atoms with Crippen molar-refractivity contribution in [2.45, 2.75) is 52.1 Å². The fourth-order valence-electron chi connectivity index (χ4n) is 2.11. The third-order valence-electron chi connectivity index (χ3n) is 3.08. The van der Waals surface area contributed by atoms with E-state index in [0.29, 0.717) is 6.04 Å². The van der Waals surface area contributed by atoms with E-state index in [-0.39, 0.29) is 12.1 Å². The molecule has 4 nitrogen and oxygen atoms in total. The van der Waals surface area contributed by atoms with Gasteiger partial charge in [0.05, 0.1) is 13.2 Å². The van der Waals surface area contributed by atoms with Crippen LogP contribution in [0, 0.1) is 0 Å². The van der Waals surface area contributed by atoms with Crippen LogP contribution in [0.15, 0.2) is 0 Å². The molecular formula is C14H32N2O2.